The first-order valence-electron chi connectivity index (χ1n) is 5.94. The minimum absolute atomic E-state index is 0.0791. The average Bonchev–Trinajstić information content (AvgIpc) is 2.77. The molecule has 1 aliphatic rings. The van der Waals surface area contributed by atoms with E-state index in [0.717, 1.165) is 32.5 Å². The molecule has 0 spiro atoms. The molecule has 1 unspecified atom stereocenters. The van der Waals surface area contributed by atoms with E-state index in [2.05, 4.69) is 10.3 Å². The van der Waals surface area contributed by atoms with Gasteiger partial charge in [0.05, 0.1) is 12.8 Å². The molecule has 0 aliphatic carbocycles. The number of hydrogen-bond donors (Lipinski definition) is 1. The number of aliphatic hydroxyl groups is 1. The number of carbonyl (C=O) groups excluding carboxylic acids is 1. The molecular weight excluding hydrogens is 220 g/mol. The Morgan fingerprint density at radius 2 is 2.47 bits per heavy atom. The monoisotopic (exact) mass is 238 g/mol. The molecule has 1 N–H and O–H groups in total. The van der Waals surface area contributed by atoms with Crippen molar-refractivity contribution >= 4 is 5.91 Å². The third-order valence-electron chi connectivity index (χ3n) is 3.16. The smallest absolute Gasteiger partial charge is 0.219 e. The highest BCUT2D eigenvalue weighted by Gasteiger charge is 2.22. The summed E-state index contributed by atoms with van der Waals surface area (Å²) in [5.41, 5.74) is 0.587. The molecule has 1 aromatic rings. The van der Waals surface area contributed by atoms with Gasteiger partial charge in [0.2, 0.25) is 5.91 Å². The molecule has 0 radical (unpaired) electrons. The average molecular weight is 238 g/mol. The lowest BCUT2D eigenvalue weighted by Crippen LogP contribution is -2.39. The number of rotatable bonds is 3. The summed E-state index contributed by atoms with van der Waals surface area (Å²) in [5.74, 6) is 0.574. The first kappa shape index (κ1) is 12.0. The van der Waals surface area contributed by atoms with Crippen LogP contribution in [-0.4, -0.2) is 44.0 Å². The van der Waals surface area contributed by atoms with Crippen molar-refractivity contribution in [2.75, 3.05) is 13.1 Å². The lowest BCUT2D eigenvalue weighted by Gasteiger charge is -2.31. The lowest BCUT2D eigenvalue weighted by molar-refractivity contribution is -0.130. The van der Waals surface area contributed by atoms with E-state index in [1.54, 1.807) is 17.8 Å². The summed E-state index contributed by atoms with van der Waals surface area (Å²) < 4.78 is 1.75. The zero-order chi connectivity index (χ0) is 12.3. The van der Waals surface area contributed by atoms with Crippen LogP contribution in [0.2, 0.25) is 0 Å². The molecule has 17 heavy (non-hydrogen) atoms. The predicted octanol–water partition coefficient (Wildman–Crippen LogP) is 0.0289. The van der Waals surface area contributed by atoms with E-state index in [1.807, 2.05) is 4.90 Å². The second-order valence-corrected chi connectivity index (χ2v) is 4.56. The van der Waals surface area contributed by atoms with Crippen LogP contribution >= 0.6 is 0 Å². The number of hydrogen-bond acceptors (Lipinski definition) is 4. The Labute approximate surface area is 100 Å². The second-order valence-electron chi connectivity index (χ2n) is 4.56. The molecule has 6 heteroatoms. The number of nitrogens with zero attached hydrogens (tertiary/aromatic N) is 4. The maximum atomic E-state index is 11.3. The summed E-state index contributed by atoms with van der Waals surface area (Å²) in [6.07, 6.45) is 3.91. The van der Waals surface area contributed by atoms with Crippen molar-refractivity contribution in [3.8, 4) is 0 Å². The molecule has 2 rings (SSSR count). The van der Waals surface area contributed by atoms with Crippen LogP contribution < -0.4 is 0 Å². The molecule has 0 saturated carbocycles. The van der Waals surface area contributed by atoms with E-state index < -0.39 is 0 Å². The number of amides is 1. The number of aromatic nitrogens is 3. The van der Waals surface area contributed by atoms with Gasteiger partial charge in [-0.05, 0) is 18.8 Å². The molecule has 1 fully saturated rings. The summed E-state index contributed by atoms with van der Waals surface area (Å²) in [6.45, 7) is 3.96. The van der Waals surface area contributed by atoms with Crippen molar-refractivity contribution < 1.29 is 9.90 Å². The van der Waals surface area contributed by atoms with Gasteiger partial charge in [0, 0.05) is 26.6 Å². The Morgan fingerprint density at radius 1 is 1.65 bits per heavy atom. The molecular formula is C11H18N4O2. The number of likely N-dealkylation sites (tertiary alicyclic amines) is 1. The van der Waals surface area contributed by atoms with Gasteiger partial charge in [-0.25, -0.2) is 0 Å². The minimum Gasteiger partial charge on any atom is -0.390 e. The zero-order valence-corrected chi connectivity index (χ0v) is 10.0. The van der Waals surface area contributed by atoms with Crippen LogP contribution in [0.1, 0.15) is 25.5 Å². The van der Waals surface area contributed by atoms with Crippen molar-refractivity contribution in [3.05, 3.63) is 11.9 Å². The van der Waals surface area contributed by atoms with Crippen LogP contribution in [0, 0.1) is 5.92 Å². The maximum absolute atomic E-state index is 11.3. The van der Waals surface area contributed by atoms with Gasteiger partial charge in [-0.2, -0.15) is 0 Å². The summed E-state index contributed by atoms with van der Waals surface area (Å²) >= 11 is 0. The first-order chi connectivity index (χ1) is 8.19. The van der Waals surface area contributed by atoms with E-state index >= 15 is 0 Å². The van der Waals surface area contributed by atoms with Crippen LogP contribution in [0.15, 0.2) is 6.20 Å². The van der Waals surface area contributed by atoms with E-state index in [4.69, 9.17) is 5.11 Å². The van der Waals surface area contributed by atoms with Gasteiger partial charge in [0.25, 0.3) is 0 Å². The summed E-state index contributed by atoms with van der Waals surface area (Å²) in [4.78, 5) is 13.2. The quantitative estimate of drug-likeness (QED) is 0.806. The highest BCUT2D eigenvalue weighted by atomic mass is 16.3. The third kappa shape index (κ3) is 3.03. The Kier molecular flexibility index (Phi) is 3.73. The van der Waals surface area contributed by atoms with Crippen LogP contribution in [0.4, 0.5) is 0 Å². The van der Waals surface area contributed by atoms with Gasteiger partial charge >= 0.3 is 0 Å². The van der Waals surface area contributed by atoms with E-state index in [9.17, 15) is 4.79 Å². The Hall–Kier alpha value is -1.43. The first-order valence-corrected chi connectivity index (χ1v) is 5.94. The van der Waals surface area contributed by atoms with Gasteiger partial charge in [0.15, 0.2) is 0 Å². The summed E-state index contributed by atoms with van der Waals surface area (Å²) in [5, 5.41) is 16.7. The van der Waals surface area contributed by atoms with Crippen LogP contribution in [0.5, 0.6) is 0 Å². The molecule has 0 aromatic carbocycles. The maximum Gasteiger partial charge on any atom is 0.219 e. The standard InChI is InChI=1S/C11H18N4O2/c1-9(17)14-4-2-3-10(5-14)6-15-7-11(8-16)12-13-15/h7,10,16H,2-6,8H2,1H3. The fraction of sp³-hybridized carbons (Fsp3) is 0.727. The Bertz CT molecular complexity index is 391. The van der Waals surface area contributed by atoms with Gasteiger partial charge in [-0.3, -0.25) is 9.48 Å². The molecule has 1 saturated heterocycles. The predicted molar refractivity (Wildman–Crippen MR) is 60.9 cm³/mol. The summed E-state index contributed by atoms with van der Waals surface area (Å²) in [7, 11) is 0. The van der Waals surface area contributed by atoms with Crippen molar-refractivity contribution in [2.45, 2.75) is 32.9 Å². The fourth-order valence-electron chi connectivity index (χ4n) is 2.26. The number of carbonyl (C=O) groups is 1. The van der Waals surface area contributed by atoms with Gasteiger partial charge in [-0.15, -0.1) is 5.10 Å². The van der Waals surface area contributed by atoms with E-state index in [0.29, 0.717) is 11.6 Å². The molecule has 94 valence electrons. The zero-order valence-electron chi connectivity index (χ0n) is 10.0. The van der Waals surface area contributed by atoms with Gasteiger partial charge in [0.1, 0.15) is 5.69 Å². The topological polar surface area (TPSA) is 71.2 Å². The largest absolute Gasteiger partial charge is 0.390 e. The fourth-order valence-corrected chi connectivity index (χ4v) is 2.26. The van der Waals surface area contributed by atoms with Crippen LogP contribution in [0.25, 0.3) is 0 Å². The minimum atomic E-state index is -0.0791. The highest BCUT2D eigenvalue weighted by Crippen LogP contribution is 2.18. The van der Waals surface area contributed by atoms with E-state index in [-0.39, 0.29) is 12.5 Å². The molecule has 1 amide bonds. The van der Waals surface area contributed by atoms with Crippen LogP contribution in [0.3, 0.4) is 0 Å². The number of aliphatic hydroxyl groups excluding tert-OH is 1. The van der Waals surface area contributed by atoms with Crippen LogP contribution in [-0.2, 0) is 17.9 Å². The molecule has 1 aromatic heterocycles. The molecule has 1 aliphatic heterocycles. The van der Waals surface area contributed by atoms with Gasteiger partial charge in [-0.1, -0.05) is 5.21 Å². The van der Waals surface area contributed by atoms with E-state index in [1.165, 1.54) is 0 Å². The second kappa shape index (κ2) is 5.27. The van der Waals surface area contributed by atoms with Crippen molar-refractivity contribution in [1.82, 2.24) is 19.9 Å². The Morgan fingerprint density at radius 3 is 3.12 bits per heavy atom. The molecule has 2 heterocycles. The third-order valence-corrected chi connectivity index (χ3v) is 3.16. The Balaban J connectivity index is 1.92. The van der Waals surface area contributed by atoms with Crippen molar-refractivity contribution in [2.24, 2.45) is 5.92 Å². The van der Waals surface area contributed by atoms with Crippen molar-refractivity contribution in [3.63, 3.8) is 0 Å². The number of piperidine rings is 1. The molecule has 6 nitrogen and oxygen atoms in total. The SMILES string of the molecule is CC(=O)N1CCCC(Cn2cc(CO)nn2)C1. The lowest BCUT2D eigenvalue weighted by atomic mass is 9.98. The highest BCUT2D eigenvalue weighted by molar-refractivity contribution is 5.73. The molecule has 1 atom stereocenters. The summed E-state index contributed by atoms with van der Waals surface area (Å²) in [6, 6.07) is 0. The van der Waals surface area contributed by atoms with Crippen molar-refractivity contribution in [1.29, 1.82) is 0 Å². The normalized spacial score (nSPS) is 20.6. The molecule has 0 bridgehead atoms. The van der Waals surface area contributed by atoms with Gasteiger partial charge < -0.3 is 10.0 Å².